The molecule has 0 radical (unpaired) electrons. The molecule has 0 heterocycles. The lowest BCUT2D eigenvalue weighted by molar-refractivity contribution is 0.162. The molecule has 2 heteroatoms. The fourth-order valence-electron chi connectivity index (χ4n) is 2.78. The molecule has 2 rings (SSSR count). The zero-order valence-corrected chi connectivity index (χ0v) is 9.74. The third kappa shape index (κ3) is 2.82. The minimum absolute atomic E-state index is 0.788. The van der Waals surface area contributed by atoms with Gasteiger partial charge in [-0.25, -0.2) is 0 Å². The Kier molecular flexibility index (Phi) is 4.21. The third-order valence-corrected chi connectivity index (χ3v) is 3.79. The van der Waals surface area contributed by atoms with E-state index >= 15 is 0 Å². The molecule has 3 atom stereocenters. The highest BCUT2D eigenvalue weighted by Crippen LogP contribution is 2.42. The van der Waals surface area contributed by atoms with Gasteiger partial charge in [0.25, 0.3) is 0 Å². The second-order valence-corrected chi connectivity index (χ2v) is 4.85. The first-order valence-corrected chi connectivity index (χ1v) is 6.31. The largest absolute Gasteiger partial charge is 0.385 e. The van der Waals surface area contributed by atoms with Gasteiger partial charge in [0.1, 0.15) is 0 Å². The van der Waals surface area contributed by atoms with E-state index in [9.17, 15) is 0 Å². The van der Waals surface area contributed by atoms with Gasteiger partial charge in [0.15, 0.2) is 0 Å². The molecule has 15 heavy (non-hydrogen) atoms. The molecule has 86 valence electrons. The summed E-state index contributed by atoms with van der Waals surface area (Å²) in [5, 5.41) is 3.68. The van der Waals surface area contributed by atoms with Crippen LogP contribution in [0.1, 0.15) is 32.1 Å². The fourth-order valence-corrected chi connectivity index (χ4v) is 2.78. The van der Waals surface area contributed by atoms with Crippen LogP contribution in [0.3, 0.4) is 0 Å². The van der Waals surface area contributed by atoms with Gasteiger partial charge in [0.2, 0.25) is 0 Å². The number of allylic oxidation sites excluding steroid dienone is 1. The molecule has 2 aliphatic rings. The second kappa shape index (κ2) is 5.66. The van der Waals surface area contributed by atoms with E-state index in [1.807, 2.05) is 0 Å². The third-order valence-electron chi connectivity index (χ3n) is 3.79. The normalized spacial score (nSPS) is 32.7. The van der Waals surface area contributed by atoms with Crippen molar-refractivity contribution in [2.45, 2.75) is 38.1 Å². The molecular formula is C13H23NO. The lowest BCUT2D eigenvalue weighted by Crippen LogP contribution is -2.48. The van der Waals surface area contributed by atoms with Crippen molar-refractivity contribution in [2.24, 2.45) is 11.8 Å². The minimum atomic E-state index is 0.788. The van der Waals surface area contributed by atoms with E-state index in [2.05, 4.69) is 17.5 Å². The molecule has 1 saturated carbocycles. The predicted molar refractivity (Wildman–Crippen MR) is 62.9 cm³/mol. The number of unbranched alkanes of at least 4 members (excludes halogenated alkanes) is 2. The van der Waals surface area contributed by atoms with E-state index in [0.29, 0.717) is 0 Å². The maximum Gasteiger partial charge on any atom is 0.0462 e. The van der Waals surface area contributed by atoms with E-state index in [4.69, 9.17) is 4.74 Å². The minimum Gasteiger partial charge on any atom is -0.385 e. The van der Waals surface area contributed by atoms with Crippen LogP contribution >= 0.6 is 0 Å². The van der Waals surface area contributed by atoms with Crippen LogP contribution in [0.25, 0.3) is 0 Å². The molecule has 0 aromatic heterocycles. The first-order chi connectivity index (χ1) is 7.42. The van der Waals surface area contributed by atoms with E-state index in [0.717, 1.165) is 24.5 Å². The van der Waals surface area contributed by atoms with Gasteiger partial charge in [-0.15, -0.1) is 0 Å². The number of fused-ring (bicyclic) bond motifs is 1. The van der Waals surface area contributed by atoms with Crippen LogP contribution in [-0.2, 0) is 4.74 Å². The highest BCUT2D eigenvalue weighted by atomic mass is 16.5. The smallest absolute Gasteiger partial charge is 0.0462 e. The maximum absolute atomic E-state index is 5.03. The molecule has 3 unspecified atom stereocenters. The topological polar surface area (TPSA) is 21.3 Å². The molecule has 0 aliphatic heterocycles. The molecule has 1 N–H and O–H groups in total. The quantitative estimate of drug-likeness (QED) is 0.513. The summed E-state index contributed by atoms with van der Waals surface area (Å²) < 4.78 is 5.03. The lowest BCUT2D eigenvalue weighted by atomic mass is 9.71. The standard InChI is InChI=1S/C13H23NO/c1-15-9-4-2-3-8-14-13-10-11-6-5-7-12(11)13/h5,7,11-14H,2-4,6,8-10H2,1H3. The van der Waals surface area contributed by atoms with Crippen molar-refractivity contribution in [3.05, 3.63) is 12.2 Å². The highest BCUT2D eigenvalue weighted by molar-refractivity contribution is 5.12. The number of rotatable bonds is 7. The van der Waals surface area contributed by atoms with Gasteiger partial charge in [-0.2, -0.15) is 0 Å². The molecule has 0 aromatic carbocycles. The van der Waals surface area contributed by atoms with Crippen LogP contribution in [0.5, 0.6) is 0 Å². The molecule has 0 bridgehead atoms. The molecular weight excluding hydrogens is 186 g/mol. The van der Waals surface area contributed by atoms with E-state index < -0.39 is 0 Å². The van der Waals surface area contributed by atoms with E-state index in [-0.39, 0.29) is 0 Å². The zero-order valence-electron chi connectivity index (χ0n) is 9.74. The molecule has 2 nitrogen and oxygen atoms in total. The van der Waals surface area contributed by atoms with Crippen LogP contribution in [-0.4, -0.2) is 26.3 Å². The predicted octanol–water partition coefficient (Wildman–Crippen LogP) is 2.36. The van der Waals surface area contributed by atoms with E-state index in [1.54, 1.807) is 7.11 Å². The summed E-state index contributed by atoms with van der Waals surface area (Å²) in [7, 11) is 1.78. The van der Waals surface area contributed by atoms with Crippen molar-refractivity contribution in [1.82, 2.24) is 5.32 Å². The second-order valence-electron chi connectivity index (χ2n) is 4.85. The fraction of sp³-hybridized carbons (Fsp3) is 0.846. The van der Waals surface area contributed by atoms with Crippen LogP contribution in [0.2, 0.25) is 0 Å². The molecule has 1 fully saturated rings. The van der Waals surface area contributed by atoms with Crippen molar-refractivity contribution >= 4 is 0 Å². The van der Waals surface area contributed by atoms with Gasteiger partial charge < -0.3 is 10.1 Å². The summed E-state index contributed by atoms with van der Waals surface area (Å²) in [6, 6.07) is 0.788. The van der Waals surface area contributed by atoms with Crippen molar-refractivity contribution in [3.8, 4) is 0 Å². The average Bonchev–Trinajstić information content (AvgIpc) is 2.59. The van der Waals surface area contributed by atoms with Crippen LogP contribution in [0, 0.1) is 11.8 Å². The van der Waals surface area contributed by atoms with Gasteiger partial charge in [-0.05, 0) is 50.5 Å². The van der Waals surface area contributed by atoms with Crippen molar-refractivity contribution in [1.29, 1.82) is 0 Å². The molecule has 0 amide bonds. The Morgan fingerprint density at radius 1 is 1.33 bits per heavy atom. The summed E-state index contributed by atoms with van der Waals surface area (Å²) in [4.78, 5) is 0. The number of hydrogen-bond acceptors (Lipinski definition) is 2. The first kappa shape index (κ1) is 11.2. The Morgan fingerprint density at radius 3 is 3.07 bits per heavy atom. The Labute approximate surface area is 93.1 Å². The van der Waals surface area contributed by atoms with Gasteiger partial charge in [0.05, 0.1) is 0 Å². The average molecular weight is 209 g/mol. The summed E-state index contributed by atoms with van der Waals surface area (Å²) in [6.07, 6.45) is 11.3. The maximum atomic E-state index is 5.03. The summed E-state index contributed by atoms with van der Waals surface area (Å²) in [6.45, 7) is 2.10. The Hall–Kier alpha value is -0.340. The monoisotopic (exact) mass is 209 g/mol. The van der Waals surface area contributed by atoms with Crippen LogP contribution in [0.4, 0.5) is 0 Å². The Balaban J connectivity index is 1.47. The zero-order chi connectivity index (χ0) is 10.5. The SMILES string of the molecule is COCCCCCNC1CC2CC=CC21. The van der Waals surface area contributed by atoms with Crippen LogP contribution in [0.15, 0.2) is 12.2 Å². The first-order valence-electron chi connectivity index (χ1n) is 6.31. The van der Waals surface area contributed by atoms with Crippen molar-refractivity contribution < 1.29 is 4.74 Å². The summed E-state index contributed by atoms with van der Waals surface area (Å²) in [5.41, 5.74) is 0. The Bertz CT molecular complexity index is 215. The number of nitrogens with one attached hydrogen (secondary N) is 1. The van der Waals surface area contributed by atoms with Gasteiger partial charge >= 0.3 is 0 Å². The number of hydrogen-bond donors (Lipinski definition) is 1. The Morgan fingerprint density at radius 2 is 2.27 bits per heavy atom. The van der Waals surface area contributed by atoms with Crippen LogP contribution < -0.4 is 5.32 Å². The van der Waals surface area contributed by atoms with Crippen molar-refractivity contribution in [2.75, 3.05) is 20.3 Å². The van der Waals surface area contributed by atoms with Gasteiger partial charge in [-0.3, -0.25) is 0 Å². The molecule has 2 aliphatic carbocycles. The summed E-state index contributed by atoms with van der Waals surface area (Å²) >= 11 is 0. The molecule has 0 aromatic rings. The summed E-state index contributed by atoms with van der Waals surface area (Å²) in [5.74, 6) is 1.85. The highest BCUT2D eigenvalue weighted by Gasteiger charge is 2.40. The van der Waals surface area contributed by atoms with Gasteiger partial charge in [-0.1, -0.05) is 12.2 Å². The van der Waals surface area contributed by atoms with Gasteiger partial charge in [0, 0.05) is 19.8 Å². The molecule has 0 spiro atoms. The molecule has 0 saturated heterocycles. The number of ether oxygens (including phenoxy) is 1. The lowest BCUT2D eigenvalue weighted by Gasteiger charge is -2.40. The van der Waals surface area contributed by atoms with E-state index in [1.165, 1.54) is 38.6 Å². The number of methoxy groups -OCH3 is 1. The van der Waals surface area contributed by atoms with Crippen molar-refractivity contribution in [3.63, 3.8) is 0 Å².